The number of aromatic nitrogens is 3. The molecule has 0 bridgehead atoms. The predicted octanol–water partition coefficient (Wildman–Crippen LogP) is 3.50. The monoisotopic (exact) mass is 349 g/mol. The highest BCUT2D eigenvalue weighted by Crippen LogP contribution is 2.23. The Balaban J connectivity index is 1.94. The molecule has 0 unspecified atom stereocenters. The maximum Gasteiger partial charge on any atom is 0.266 e. The molecule has 0 atom stereocenters. The van der Waals surface area contributed by atoms with E-state index in [1.807, 2.05) is 30.6 Å². The van der Waals surface area contributed by atoms with Gasteiger partial charge in [0, 0.05) is 23.3 Å². The third kappa shape index (κ3) is 3.39. The molecule has 6 nitrogen and oxygen atoms in total. The van der Waals surface area contributed by atoms with Crippen LogP contribution in [-0.2, 0) is 4.79 Å². The lowest BCUT2D eigenvalue weighted by atomic mass is 10.1. The van der Waals surface area contributed by atoms with Crippen LogP contribution in [-0.4, -0.2) is 20.7 Å². The molecule has 0 saturated carbocycles. The lowest BCUT2D eigenvalue weighted by Crippen LogP contribution is -2.12. The summed E-state index contributed by atoms with van der Waals surface area (Å²) in [5.74, 6) is -0.820. The average Bonchev–Trinajstić information content (AvgIpc) is 3.22. The second-order valence-corrected chi connectivity index (χ2v) is 5.75. The molecule has 2 N–H and O–H groups in total. The number of hydrogen-bond donors (Lipinski definition) is 2. The van der Waals surface area contributed by atoms with E-state index in [2.05, 4.69) is 15.5 Å². The molecule has 3 rings (SSSR count). The minimum absolute atomic E-state index is 0.0226. The molecule has 1 aromatic carbocycles. The van der Waals surface area contributed by atoms with Gasteiger partial charge in [0.2, 0.25) is 0 Å². The summed E-state index contributed by atoms with van der Waals surface area (Å²) in [6.45, 7) is 3.79. The van der Waals surface area contributed by atoms with E-state index < -0.39 is 5.91 Å². The third-order valence-corrected chi connectivity index (χ3v) is 3.98. The Morgan fingerprint density at radius 3 is 2.69 bits per heavy atom. The maximum absolute atomic E-state index is 13.2. The molecule has 0 radical (unpaired) electrons. The number of nitrogens with zero attached hydrogens (tertiary/aromatic N) is 3. The normalized spacial score (nSPS) is 11.2. The van der Waals surface area contributed by atoms with Crippen molar-refractivity contribution in [3.63, 3.8) is 0 Å². The van der Waals surface area contributed by atoms with Gasteiger partial charge >= 0.3 is 0 Å². The van der Waals surface area contributed by atoms with Crippen molar-refractivity contribution in [2.75, 3.05) is 5.32 Å². The zero-order chi connectivity index (χ0) is 18.7. The minimum atomic E-state index is -0.513. The number of hydrogen-bond acceptors (Lipinski definition) is 3. The van der Waals surface area contributed by atoms with Gasteiger partial charge in [-0.05, 0) is 55.8 Å². The number of amides is 1. The van der Waals surface area contributed by atoms with Gasteiger partial charge in [0.05, 0.1) is 11.9 Å². The van der Waals surface area contributed by atoms with Crippen molar-refractivity contribution in [2.24, 2.45) is 0 Å². The van der Waals surface area contributed by atoms with Crippen LogP contribution in [0.2, 0.25) is 0 Å². The van der Waals surface area contributed by atoms with E-state index in [0.717, 1.165) is 22.6 Å². The summed E-state index contributed by atoms with van der Waals surface area (Å²) in [4.78, 5) is 12.3. The first-order valence-corrected chi connectivity index (χ1v) is 7.86. The molecular weight excluding hydrogens is 333 g/mol. The molecule has 3 aromatic rings. The van der Waals surface area contributed by atoms with Gasteiger partial charge in [0.15, 0.2) is 0 Å². The number of carbonyl (C=O) groups excluding carboxylic acids is 1. The Hall–Kier alpha value is -3.66. The molecular formula is C19H16FN5O. The number of anilines is 1. The van der Waals surface area contributed by atoms with E-state index >= 15 is 0 Å². The van der Waals surface area contributed by atoms with Crippen molar-refractivity contribution in [1.29, 1.82) is 5.26 Å². The number of aryl methyl sites for hydroxylation is 1. The summed E-state index contributed by atoms with van der Waals surface area (Å²) in [5.41, 5.74) is 3.76. The van der Waals surface area contributed by atoms with Crippen LogP contribution in [0.3, 0.4) is 0 Å². The second kappa shape index (κ2) is 7.07. The van der Waals surface area contributed by atoms with Gasteiger partial charge in [-0.1, -0.05) is 0 Å². The van der Waals surface area contributed by atoms with Gasteiger partial charge < -0.3 is 9.88 Å². The van der Waals surface area contributed by atoms with Crippen LogP contribution in [0.1, 0.15) is 17.0 Å². The Morgan fingerprint density at radius 2 is 2.08 bits per heavy atom. The Kier molecular flexibility index (Phi) is 4.67. The fourth-order valence-electron chi connectivity index (χ4n) is 2.74. The van der Waals surface area contributed by atoms with E-state index in [-0.39, 0.29) is 11.4 Å². The molecule has 0 fully saturated rings. The molecule has 0 aliphatic rings. The first-order chi connectivity index (χ1) is 12.5. The zero-order valence-electron chi connectivity index (χ0n) is 14.2. The SMILES string of the molecule is Cc1cc(/C=C(/C#N)C(=O)Nc2cn[nH]c2)c(C)n1-c1ccc(F)cc1. The highest BCUT2D eigenvalue weighted by atomic mass is 19.1. The lowest BCUT2D eigenvalue weighted by molar-refractivity contribution is -0.112. The van der Waals surface area contributed by atoms with Crippen LogP contribution in [0, 0.1) is 31.0 Å². The van der Waals surface area contributed by atoms with Crippen LogP contribution >= 0.6 is 0 Å². The number of aromatic amines is 1. The molecule has 7 heteroatoms. The van der Waals surface area contributed by atoms with E-state index in [1.165, 1.54) is 30.6 Å². The highest BCUT2D eigenvalue weighted by Gasteiger charge is 2.14. The van der Waals surface area contributed by atoms with Gasteiger partial charge in [-0.3, -0.25) is 9.89 Å². The highest BCUT2D eigenvalue weighted by molar-refractivity contribution is 6.09. The van der Waals surface area contributed by atoms with E-state index in [0.29, 0.717) is 5.69 Å². The summed E-state index contributed by atoms with van der Waals surface area (Å²) in [5, 5.41) is 18.3. The van der Waals surface area contributed by atoms with Gasteiger partial charge in [-0.25, -0.2) is 4.39 Å². The summed E-state index contributed by atoms with van der Waals surface area (Å²) in [6, 6.07) is 9.95. The van der Waals surface area contributed by atoms with E-state index in [1.54, 1.807) is 12.1 Å². The fraction of sp³-hybridized carbons (Fsp3) is 0.105. The number of nitriles is 1. The topological polar surface area (TPSA) is 86.5 Å². The van der Waals surface area contributed by atoms with Crippen LogP contribution in [0.25, 0.3) is 11.8 Å². The smallest absolute Gasteiger partial charge is 0.266 e. The van der Waals surface area contributed by atoms with Crippen LogP contribution < -0.4 is 5.32 Å². The Morgan fingerprint density at radius 1 is 1.35 bits per heavy atom. The molecule has 26 heavy (non-hydrogen) atoms. The molecule has 0 aliphatic carbocycles. The number of nitrogens with one attached hydrogen (secondary N) is 2. The van der Waals surface area contributed by atoms with Gasteiger partial charge in [-0.15, -0.1) is 0 Å². The molecule has 2 aromatic heterocycles. The van der Waals surface area contributed by atoms with Crippen molar-refractivity contribution in [3.8, 4) is 11.8 Å². The molecule has 1 amide bonds. The number of benzene rings is 1. The summed E-state index contributed by atoms with van der Waals surface area (Å²) >= 11 is 0. The second-order valence-electron chi connectivity index (χ2n) is 5.75. The molecule has 130 valence electrons. The predicted molar refractivity (Wildman–Crippen MR) is 96.0 cm³/mol. The number of rotatable bonds is 4. The van der Waals surface area contributed by atoms with Gasteiger partial charge in [0.1, 0.15) is 17.5 Å². The minimum Gasteiger partial charge on any atom is -0.319 e. The van der Waals surface area contributed by atoms with Crippen molar-refractivity contribution in [1.82, 2.24) is 14.8 Å². The van der Waals surface area contributed by atoms with Gasteiger partial charge in [0.25, 0.3) is 5.91 Å². The summed E-state index contributed by atoms with van der Waals surface area (Å²) in [6.07, 6.45) is 4.51. The Bertz CT molecular complexity index is 1010. The van der Waals surface area contributed by atoms with Crippen LogP contribution in [0.4, 0.5) is 10.1 Å². The molecule has 2 heterocycles. The third-order valence-electron chi connectivity index (χ3n) is 3.98. The molecule has 0 spiro atoms. The standard InChI is InChI=1S/C19H16FN5O/c1-12-7-14(13(2)25(12)18-5-3-16(20)4-6-18)8-15(9-21)19(26)24-17-10-22-23-11-17/h3-8,10-11H,1-2H3,(H,22,23)(H,24,26)/b15-8-. The van der Waals surface area contributed by atoms with Crippen LogP contribution in [0.15, 0.2) is 48.3 Å². The number of carbonyl (C=O) groups is 1. The lowest BCUT2D eigenvalue weighted by Gasteiger charge is -2.09. The zero-order valence-corrected chi connectivity index (χ0v) is 14.2. The van der Waals surface area contributed by atoms with Crippen molar-refractivity contribution < 1.29 is 9.18 Å². The van der Waals surface area contributed by atoms with E-state index in [9.17, 15) is 14.4 Å². The van der Waals surface area contributed by atoms with Crippen molar-refractivity contribution >= 4 is 17.7 Å². The number of H-pyrrole nitrogens is 1. The molecule has 0 aliphatic heterocycles. The largest absolute Gasteiger partial charge is 0.319 e. The first-order valence-electron chi connectivity index (χ1n) is 7.86. The summed E-state index contributed by atoms with van der Waals surface area (Å²) < 4.78 is 15.1. The average molecular weight is 349 g/mol. The maximum atomic E-state index is 13.2. The molecule has 0 saturated heterocycles. The van der Waals surface area contributed by atoms with E-state index in [4.69, 9.17) is 0 Å². The quantitative estimate of drug-likeness (QED) is 0.558. The van der Waals surface area contributed by atoms with Crippen molar-refractivity contribution in [3.05, 3.63) is 71.1 Å². The van der Waals surface area contributed by atoms with Gasteiger partial charge in [-0.2, -0.15) is 10.4 Å². The number of halogens is 1. The first kappa shape index (κ1) is 17.2. The van der Waals surface area contributed by atoms with Crippen molar-refractivity contribution in [2.45, 2.75) is 13.8 Å². The Labute approximate surface area is 149 Å². The fourth-order valence-corrected chi connectivity index (χ4v) is 2.74. The summed E-state index contributed by atoms with van der Waals surface area (Å²) in [7, 11) is 0. The van der Waals surface area contributed by atoms with Crippen LogP contribution in [0.5, 0.6) is 0 Å².